The summed E-state index contributed by atoms with van der Waals surface area (Å²) >= 11 is 0. The van der Waals surface area contributed by atoms with Gasteiger partial charge in [-0.1, -0.05) is 179 Å². The van der Waals surface area contributed by atoms with Gasteiger partial charge in [-0.05, 0) is 110 Å². The SMILES string of the molecule is CCCCCCCCCCCCCCc1cccc(Oc2ccc(S(=O)(=O)[O-])cc2)c1.CCCCCCCCCCCCCCc1cccc(Oc2ccc(S(=O)(=O)[O-])cc2)c1.[Ca+2]. The summed E-state index contributed by atoms with van der Waals surface area (Å²) in [6.07, 6.45) is 34.3. The molecule has 4 aromatic carbocycles. The average molecular weight is 931 g/mol. The Bertz CT molecular complexity index is 1840. The van der Waals surface area contributed by atoms with Gasteiger partial charge in [-0.2, -0.15) is 0 Å². The van der Waals surface area contributed by atoms with Gasteiger partial charge in [0.05, 0.1) is 9.79 Å². The molecule has 0 atom stereocenters. The second-order valence-corrected chi connectivity index (χ2v) is 19.4. The largest absolute Gasteiger partial charge is 2.00 e. The van der Waals surface area contributed by atoms with Crippen LogP contribution >= 0.6 is 0 Å². The van der Waals surface area contributed by atoms with Crippen LogP contribution in [-0.4, -0.2) is 63.7 Å². The van der Waals surface area contributed by atoms with Gasteiger partial charge in [-0.15, -0.1) is 0 Å². The molecule has 0 radical (unpaired) electrons. The Morgan fingerprint density at radius 2 is 0.635 bits per heavy atom. The first-order valence-corrected chi connectivity index (χ1v) is 26.4. The summed E-state index contributed by atoms with van der Waals surface area (Å²) in [7, 11) is -8.86. The van der Waals surface area contributed by atoms with Crippen molar-refractivity contribution in [1.29, 1.82) is 0 Å². The standard InChI is InChI=1S/2C26H38O4S.Ca/c2*1-2-3-4-5-6-7-8-9-10-11-12-13-15-23-16-14-17-25(22-23)30-24-18-20-26(21-19-24)31(27,28)29;/h2*14,16-22H,2-13,15H2,1H3,(H,27,28,29);/q;;+2/p-2. The van der Waals surface area contributed by atoms with Crippen molar-refractivity contribution in [2.75, 3.05) is 0 Å². The molecule has 0 bridgehead atoms. The number of aryl methyl sites for hydroxylation is 2. The molecule has 0 aliphatic rings. The molecule has 0 heterocycles. The van der Waals surface area contributed by atoms with E-state index in [0.717, 1.165) is 12.8 Å². The van der Waals surface area contributed by atoms with E-state index in [0.29, 0.717) is 23.0 Å². The van der Waals surface area contributed by atoms with E-state index < -0.39 is 20.2 Å². The maximum absolute atomic E-state index is 11.0. The van der Waals surface area contributed by atoms with Crippen molar-refractivity contribution in [1.82, 2.24) is 0 Å². The molecule has 0 aliphatic carbocycles. The minimum Gasteiger partial charge on any atom is -0.744 e. The third kappa shape index (κ3) is 27.0. The van der Waals surface area contributed by atoms with Crippen LogP contribution in [0.25, 0.3) is 0 Å². The normalized spacial score (nSPS) is 11.4. The Morgan fingerprint density at radius 3 is 0.905 bits per heavy atom. The van der Waals surface area contributed by atoms with Crippen molar-refractivity contribution in [3.63, 3.8) is 0 Å². The van der Waals surface area contributed by atoms with Crippen LogP contribution in [0.15, 0.2) is 107 Å². The molecule has 0 aliphatic heterocycles. The molecule has 4 rings (SSSR count). The van der Waals surface area contributed by atoms with E-state index in [2.05, 4.69) is 26.0 Å². The Hall–Kier alpha value is -2.44. The molecule has 0 aromatic heterocycles. The Balaban J connectivity index is 0.000000427. The van der Waals surface area contributed by atoms with Gasteiger partial charge in [0.15, 0.2) is 0 Å². The Morgan fingerprint density at radius 1 is 0.365 bits per heavy atom. The van der Waals surface area contributed by atoms with Crippen molar-refractivity contribution < 1.29 is 35.4 Å². The molecule has 63 heavy (non-hydrogen) atoms. The fourth-order valence-corrected chi connectivity index (χ4v) is 8.43. The zero-order valence-corrected chi connectivity index (χ0v) is 42.3. The average Bonchev–Trinajstić information content (AvgIpc) is 3.25. The predicted molar refractivity (Wildman–Crippen MR) is 257 cm³/mol. The van der Waals surface area contributed by atoms with Crippen molar-refractivity contribution in [2.24, 2.45) is 0 Å². The maximum atomic E-state index is 11.0. The summed E-state index contributed by atoms with van der Waals surface area (Å²) in [5, 5.41) is 0. The minimum atomic E-state index is -4.43. The summed E-state index contributed by atoms with van der Waals surface area (Å²) in [5.74, 6) is 2.45. The van der Waals surface area contributed by atoms with Crippen molar-refractivity contribution in [3.05, 3.63) is 108 Å². The van der Waals surface area contributed by atoms with Crippen molar-refractivity contribution >= 4 is 58.0 Å². The fourth-order valence-electron chi connectivity index (χ4n) is 7.49. The molecule has 8 nitrogen and oxygen atoms in total. The monoisotopic (exact) mass is 930 g/mol. The number of benzene rings is 4. The van der Waals surface area contributed by atoms with Crippen LogP contribution in [0.3, 0.4) is 0 Å². The summed E-state index contributed by atoms with van der Waals surface area (Å²) in [6.45, 7) is 4.53. The van der Waals surface area contributed by atoms with Gasteiger partial charge in [0.1, 0.15) is 43.2 Å². The number of ether oxygens (including phenoxy) is 2. The molecule has 0 spiro atoms. The molecular formula is C52H74CaO8S2. The second kappa shape index (κ2) is 34.0. The zero-order valence-electron chi connectivity index (χ0n) is 38.4. The van der Waals surface area contributed by atoms with Crippen LogP contribution < -0.4 is 9.47 Å². The van der Waals surface area contributed by atoms with Gasteiger partial charge in [-0.25, -0.2) is 16.8 Å². The first-order chi connectivity index (χ1) is 30.0. The quantitative estimate of drug-likeness (QED) is 0.0269. The van der Waals surface area contributed by atoms with Gasteiger partial charge in [0, 0.05) is 0 Å². The number of unbranched alkanes of at least 4 members (excludes halogenated alkanes) is 22. The van der Waals surface area contributed by atoms with E-state index in [1.54, 1.807) is 0 Å². The Labute approximate surface area is 411 Å². The van der Waals surface area contributed by atoms with E-state index in [1.807, 2.05) is 36.4 Å². The Kier molecular flexibility index (Phi) is 30.6. The van der Waals surface area contributed by atoms with Gasteiger partial charge >= 0.3 is 37.7 Å². The maximum Gasteiger partial charge on any atom is 2.00 e. The smallest absolute Gasteiger partial charge is 0.744 e. The molecule has 0 saturated carbocycles. The van der Waals surface area contributed by atoms with Gasteiger partial charge in [0.2, 0.25) is 0 Å². The summed E-state index contributed by atoms with van der Waals surface area (Å²) < 4.78 is 77.7. The van der Waals surface area contributed by atoms with Crippen LogP contribution in [0.1, 0.15) is 179 Å². The molecule has 4 aromatic rings. The molecule has 0 saturated heterocycles. The number of rotatable bonds is 32. The topological polar surface area (TPSA) is 133 Å². The molecular weight excluding hydrogens is 857 g/mol. The third-order valence-electron chi connectivity index (χ3n) is 11.1. The number of hydrogen-bond acceptors (Lipinski definition) is 8. The van der Waals surface area contributed by atoms with Crippen LogP contribution in [0.4, 0.5) is 0 Å². The first kappa shape index (κ1) is 56.7. The van der Waals surface area contributed by atoms with Gasteiger partial charge in [0.25, 0.3) is 0 Å². The van der Waals surface area contributed by atoms with E-state index in [9.17, 15) is 25.9 Å². The fraction of sp³-hybridized carbons (Fsp3) is 0.538. The van der Waals surface area contributed by atoms with E-state index in [-0.39, 0.29) is 47.5 Å². The molecule has 0 N–H and O–H groups in total. The van der Waals surface area contributed by atoms with Gasteiger partial charge < -0.3 is 18.6 Å². The summed E-state index contributed by atoms with van der Waals surface area (Å²) in [5.41, 5.74) is 2.48. The van der Waals surface area contributed by atoms with Crippen molar-refractivity contribution in [3.8, 4) is 23.0 Å². The number of hydrogen-bond donors (Lipinski definition) is 0. The van der Waals surface area contributed by atoms with Crippen LogP contribution in [0.2, 0.25) is 0 Å². The van der Waals surface area contributed by atoms with Crippen LogP contribution in [0, 0.1) is 0 Å². The van der Waals surface area contributed by atoms with E-state index in [4.69, 9.17) is 9.47 Å². The van der Waals surface area contributed by atoms with Crippen molar-refractivity contribution in [2.45, 2.75) is 191 Å². The molecule has 0 fully saturated rings. The second-order valence-electron chi connectivity index (χ2n) is 16.6. The molecule has 0 amide bonds. The van der Waals surface area contributed by atoms with Crippen LogP contribution in [-0.2, 0) is 33.1 Å². The summed E-state index contributed by atoms with van der Waals surface area (Å²) in [6, 6.07) is 27.1. The van der Waals surface area contributed by atoms with E-state index >= 15 is 0 Å². The zero-order chi connectivity index (χ0) is 44.7. The third-order valence-corrected chi connectivity index (χ3v) is 12.8. The molecule has 11 heteroatoms. The first-order valence-electron chi connectivity index (χ1n) is 23.6. The summed E-state index contributed by atoms with van der Waals surface area (Å²) in [4.78, 5) is -0.499. The minimum absolute atomic E-state index is 0. The predicted octanol–water partition coefficient (Wildman–Crippen LogP) is 14.9. The van der Waals surface area contributed by atoms with E-state index in [1.165, 1.54) is 214 Å². The van der Waals surface area contributed by atoms with Gasteiger partial charge in [-0.3, -0.25) is 0 Å². The van der Waals surface area contributed by atoms with Crippen LogP contribution in [0.5, 0.6) is 23.0 Å². The molecule has 0 unspecified atom stereocenters. The molecule has 344 valence electrons.